The maximum Gasteiger partial charge on any atom is 0.267 e. The molecule has 1 N–H and O–H groups in total. The summed E-state index contributed by atoms with van der Waals surface area (Å²) in [5, 5.41) is 4.27. The van der Waals surface area contributed by atoms with E-state index in [2.05, 4.69) is 43.1 Å². The van der Waals surface area contributed by atoms with Crippen molar-refractivity contribution >= 4 is 40.4 Å². The van der Waals surface area contributed by atoms with E-state index in [-0.39, 0.29) is 5.91 Å². The molecule has 0 aliphatic carbocycles. The van der Waals surface area contributed by atoms with Gasteiger partial charge in [-0.05, 0) is 38.4 Å². The first-order valence-electron chi connectivity index (χ1n) is 11.3. The topological polar surface area (TPSA) is 74.2 Å². The van der Waals surface area contributed by atoms with Gasteiger partial charge in [0.25, 0.3) is 5.91 Å². The van der Waals surface area contributed by atoms with Crippen molar-refractivity contribution in [2.24, 2.45) is 0 Å². The molecule has 3 aromatic rings. The van der Waals surface area contributed by atoms with Gasteiger partial charge in [-0.3, -0.25) is 9.69 Å². The second-order valence-corrected chi connectivity index (χ2v) is 9.80. The molecular formula is C24H29ClN6OS. The van der Waals surface area contributed by atoms with Crippen LogP contribution in [0.5, 0.6) is 0 Å². The van der Waals surface area contributed by atoms with Crippen molar-refractivity contribution < 1.29 is 4.79 Å². The molecule has 174 valence electrons. The normalized spacial score (nSPS) is 14.5. The van der Waals surface area contributed by atoms with Gasteiger partial charge in [0.2, 0.25) is 0 Å². The highest BCUT2D eigenvalue weighted by Gasteiger charge is 2.19. The Labute approximate surface area is 203 Å². The Morgan fingerprint density at radius 1 is 1.18 bits per heavy atom. The zero-order valence-corrected chi connectivity index (χ0v) is 20.8. The molecule has 0 atom stereocenters. The van der Waals surface area contributed by atoms with Gasteiger partial charge in [-0.1, -0.05) is 30.7 Å². The lowest BCUT2D eigenvalue weighted by Crippen LogP contribution is -2.46. The van der Waals surface area contributed by atoms with Crippen molar-refractivity contribution in [2.45, 2.75) is 33.6 Å². The zero-order valence-electron chi connectivity index (χ0n) is 19.3. The number of para-hydroxylation sites is 1. The maximum absolute atomic E-state index is 12.7. The van der Waals surface area contributed by atoms with Gasteiger partial charge in [-0.2, -0.15) is 0 Å². The number of halogens is 1. The van der Waals surface area contributed by atoms with E-state index in [1.165, 1.54) is 17.8 Å². The number of rotatable bonds is 7. The number of anilines is 2. The Morgan fingerprint density at radius 3 is 2.70 bits per heavy atom. The van der Waals surface area contributed by atoms with Crippen LogP contribution in [0.25, 0.3) is 0 Å². The fourth-order valence-corrected chi connectivity index (χ4v) is 5.10. The lowest BCUT2D eigenvalue weighted by atomic mass is 10.2. The van der Waals surface area contributed by atoms with E-state index >= 15 is 0 Å². The number of hydrogen-bond donors (Lipinski definition) is 1. The second-order valence-electron chi connectivity index (χ2n) is 8.27. The van der Waals surface area contributed by atoms with Crippen molar-refractivity contribution in [3.05, 3.63) is 62.5 Å². The molecule has 0 unspecified atom stereocenters. The van der Waals surface area contributed by atoms with E-state index in [9.17, 15) is 4.79 Å². The number of aromatic nitrogens is 3. The third kappa shape index (κ3) is 5.88. The fourth-order valence-electron chi connectivity index (χ4n) is 4.00. The number of piperazine rings is 1. The van der Waals surface area contributed by atoms with Crippen molar-refractivity contribution in [3.63, 3.8) is 0 Å². The summed E-state index contributed by atoms with van der Waals surface area (Å²) in [7, 11) is 0. The average molecular weight is 485 g/mol. The number of aryl methyl sites for hydroxylation is 2. The van der Waals surface area contributed by atoms with Crippen molar-refractivity contribution in [2.75, 3.05) is 42.9 Å². The Hall–Kier alpha value is -2.55. The maximum atomic E-state index is 12.7. The number of carbonyl (C=O) groups excluding carboxylic acids is 1. The lowest BCUT2D eigenvalue weighted by Gasteiger charge is -2.35. The predicted molar refractivity (Wildman–Crippen MR) is 135 cm³/mol. The van der Waals surface area contributed by atoms with Crippen molar-refractivity contribution in [1.29, 1.82) is 0 Å². The van der Waals surface area contributed by atoms with Crippen LogP contribution in [0.15, 0.2) is 30.5 Å². The first kappa shape index (κ1) is 23.6. The van der Waals surface area contributed by atoms with Crippen LogP contribution in [0.2, 0.25) is 5.02 Å². The molecule has 0 saturated carbocycles. The molecule has 2 aromatic heterocycles. The Kier molecular flexibility index (Phi) is 7.57. The number of thiazole rings is 1. The number of nitrogens with one attached hydrogen (secondary N) is 1. The minimum Gasteiger partial charge on any atom is -0.354 e. The summed E-state index contributed by atoms with van der Waals surface area (Å²) in [6, 6.07) is 7.59. The molecule has 4 rings (SSSR count). The highest BCUT2D eigenvalue weighted by atomic mass is 35.5. The first-order valence-corrected chi connectivity index (χ1v) is 12.5. The van der Waals surface area contributed by atoms with Crippen LogP contribution in [0.1, 0.15) is 45.1 Å². The van der Waals surface area contributed by atoms with Gasteiger partial charge < -0.3 is 10.2 Å². The van der Waals surface area contributed by atoms with Gasteiger partial charge in [0, 0.05) is 38.7 Å². The minimum absolute atomic E-state index is 0.209. The van der Waals surface area contributed by atoms with Gasteiger partial charge in [0.1, 0.15) is 16.5 Å². The molecule has 1 fully saturated rings. The third-order valence-electron chi connectivity index (χ3n) is 5.68. The number of amides is 1. The minimum atomic E-state index is -0.209. The molecule has 9 heteroatoms. The van der Waals surface area contributed by atoms with Crippen molar-refractivity contribution in [1.82, 2.24) is 19.9 Å². The Morgan fingerprint density at radius 2 is 1.97 bits per heavy atom. The first-order chi connectivity index (χ1) is 15.9. The highest BCUT2D eigenvalue weighted by molar-refractivity contribution is 7.13. The number of carbonyl (C=O) groups is 1. The molecule has 1 saturated heterocycles. The average Bonchev–Trinajstić information content (AvgIpc) is 3.25. The molecule has 3 heterocycles. The summed E-state index contributed by atoms with van der Waals surface area (Å²) in [5.74, 6) is 1.51. The van der Waals surface area contributed by atoms with Crippen LogP contribution in [-0.2, 0) is 6.42 Å². The SMILES string of the molecule is CCCN1CCN(c2cc(Cc3ncc(C(=O)Nc4c(C)cccc4Cl)s3)nc(C)n2)CC1. The summed E-state index contributed by atoms with van der Waals surface area (Å²) in [6.07, 6.45) is 3.36. The van der Waals surface area contributed by atoms with Gasteiger partial charge >= 0.3 is 0 Å². The molecule has 0 bridgehead atoms. The fraction of sp³-hybridized carbons (Fsp3) is 0.417. The molecule has 0 spiro atoms. The van der Waals surface area contributed by atoms with E-state index in [0.29, 0.717) is 22.0 Å². The summed E-state index contributed by atoms with van der Waals surface area (Å²) in [5.41, 5.74) is 2.46. The quantitative estimate of drug-likeness (QED) is 0.529. The molecule has 33 heavy (non-hydrogen) atoms. The summed E-state index contributed by atoms with van der Waals surface area (Å²) in [4.78, 5) is 31.9. The second kappa shape index (κ2) is 10.6. The largest absolute Gasteiger partial charge is 0.354 e. The Bertz CT molecular complexity index is 1110. The third-order valence-corrected chi connectivity index (χ3v) is 6.99. The van der Waals surface area contributed by atoms with E-state index in [0.717, 1.165) is 60.6 Å². The van der Waals surface area contributed by atoms with Crippen LogP contribution in [-0.4, -0.2) is 58.5 Å². The number of nitrogens with zero attached hydrogens (tertiary/aromatic N) is 5. The van der Waals surface area contributed by atoms with E-state index in [1.807, 2.05) is 26.0 Å². The van der Waals surface area contributed by atoms with E-state index in [4.69, 9.17) is 11.6 Å². The van der Waals surface area contributed by atoms with Gasteiger partial charge in [0.05, 0.1) is 27.6 Å². The van der Waals surface area contributed by atoms with Gasteiger partial charge in [-0.15, -0.1) is 11.3 Å². The monoisotopic (exact) mass is 484 g/mol. The number of hydrogen-bond acceptors (Lipinski definition) is 7. The van der Waals surface area contributed by atoms with E-state index < -0.39 is 0 Å². The smallest absolute Gasteiger partial charge is 0.267 e. The molecule has 1 aliphatic heterocycles. The van der Waals surface area contributed by atoms with Crippen LogP contribution >= 0.6 is 22.9 Å². The molecule has 0 radical (unpaired) electrons. The van der Waals surface area contributed by atoms with Gasteiger partial charge in [-0.25, -0.2) is 15.0 Å². The Balaban J connectivity index is 1.43. The van der Waals surface area contributed by atoms with Crippen LogP contribution in [0.3, 0.4) is 0 Å². The standard InChI is InChI=1S/C24H29ClN6OS/c1-4-8-30-9-11-31(12-10-30)21-13-18(27-17(3)28-21)14-22-26-15-20(33-22)24(32)29-23-16(2)6-5-7-19(23)25/h5-7,13,15H,4,8-12,14H2,1-3H3,(H,29,32). The molecule has 1 aliphatic rings. The molecule has 1 amide bonds. The van der Waals surface area contributed by atoms with E-state index in [1.54, 1.807) is 12.3 Å². The van der Waals surface area contributed by atoms with Crippen LogP contribution in [0.4, 0.5) is 11.5 Å². The number of benzene rings is 1. The molecular weight excluding hydrogens is 456 g/mol. The lowest BCUT2D eigenvalue weighted by molar-refractivity contribution is 0.103. The predicted octanol–water partition coefficient (Wildman–Crippen LogP) is 4.58. The summed E-state index contributed by atoms with van der Waals surface area (Å²) >= 11 is 7.62. The highest BCUT2D eigenvalue weighted by Crippen LogP contribution is 2.27. The van der Waals surface area contributed by atoms with Crippen LogP contribution in [0, 0.1) is 13.8 Å². The molecule has 1 aromatic carbocycles. The summed E-state index contributed by atoms with van der Waals surface area (Å²) < 4.78 is 0. The zero-order chi connectivity index (χ0) is 23.4. The summed E-state index contributed by atoms with van der Waals surface area (Å²) in [6.45, 7) is 11.3. The molecule has 7 nitrogen and oxygen atoms in total. The van der Waals surface area contributed by atoms with Crippen molar-refractivity contribution in [3.8, 4) is 0 Å². The van der Waals surface area contributed by atoms with Crippen LogP contribution < -0.4 is 10.2 Å². The van der Waals surface area contributed by atoms with Gasteiger partial charge in [0.15, 0.2) is 0 Å².